The molecule has 4 atom stereocenters. The molecule has 0 radical (unpaired) electrons. The van der Waals surface area contributed by atoms with Crippen LogP contribution in [0.1, 0.15) is 90.5 Å². The number of fused-ring (bicyclic) bond motifs is 3. The SMILES string of the molecule is Cc1ncsc1-c1ccc(CNC(=O)[C@@H]2C[C@@H](O)CN2C(=O)C(NC(=O)COCCOCCOCCCOCCOCCNC(=O)C[C@@H]2N=C(c3ccc(Cl)cc3)c3c(sc(C)c3C)-n3c(C)nnc32)C(C)(C)C)cc1. The number of rotatable bonds is 27. The summed E-state index contributed by atoms with van der Waals surface area (Å²) in [6.07, 6.45) is -0.00765. The maximum atomic E-state index is 13.9. The summed E-state index contributed by atoms with van der Waals surface area (Å²) < 4.78 is 30.1. The fraction of sp³-hybridized carbons (Fsp3) is 0.519. The van der Waals surface area contributed by atoms with Gasteiger partial charge < -0.3 is 49.6 Å². The van der Waals surface area contributed by atoms with Gasteiger partial charge in [0.1, 0.15) is 35.6 Å². The monoisotopic (exact) mass is 1100 g/mol. The van der Waals surface area contributed by atoms with Gasteiger partial charge in [0, 0.05) is 60.3 Å². The second-order valence-electron chi connectivity index (χ2n) is 19.8. The highest BCUT2D eigenvalue weighted by Crippen LogP contribution is 2.40. The smallest absolute Gasteiger partial charge is 0.246 e. The number of carbonyl (C=O) groups excluding carboxylic acids is 4. The van der Waals surface area contributed by atoms with Crippen molar-refractivity contribution < 1.29 is 48.0 Å². The molecule has 1 unspecified atom stereocenters. The predicted octanol–water partition coefficient (Wildman–Crippen LogP) is 6.02. The fourth-order valence-corrected chi connectivity index (χ4v) is 11.0. The molecule has 4 amide bonds. The normalized spacial score (nSPS) is 16.7. The van der Waals surface area contributed by atoms with Crippen molar-refractivity contribution in [1.82, 2.24) is 40.6 Å². The van der Waals surface area contributed by atoms with Gasteiger partial charge in [-0.15, -0.1) is 32.9 Å². The molecule has 0 spiro atoms. The lowest BCUT2D eigenvalue weighted by Gasteiger charge is -2.35. The van der Waals surface area contributed by atoms with E-state index in [0.717, 1.165) is 54.9 Å². The summed E-state index contributed by atoms with van der Waals surface area (Å²) in [6.45, 7) is 17.0. The summed E-state index contributed by atoms with van der Waals surface area (Å²) in [7, 11) is 0. The number of aliphatic hydroxyl groups is 1. The minimum atomic E-state index is -0.970. The van der Waals surface area contributed by atoms with Crippen LogP contribution in [0.5, 0.6) is 0 Å². The van der Waals surface area contributed by atoms with E-state index in [0.29, 0.717) is 70.1 Å². The van der Waals surface area contributed by atoms with Gasteiger partial charge in [-0.2, -0.15) is 0 Å². The third kappa shape index (κ3) is 15.6. The molecule has 2 aliphatic heterocycles. The van der Waals surface area contributed by atoms with Crippen LogP contribution >= 0.6 is 34.3 Å². The van der Waals surface area contributed by atoms with Crippen molar-refractivity contribution in [2.45, 2.75) is 98.5 Å². The second-order valence-corrected chi connectivity index (χ2v) is 22.3. The topological polar surface area (TPSA) is 230 Å². The van der Waals surface area contributed by atoms with Crippen molar-refractivity contribution in [2.75, 3.05) is 79.2 Å². The summed E-state index contributed by atoms with van der Waals surface area (Å²) in [5.41, 5.74) is 7.84. The Morgan fingerprint density at radius 1 is 0.816 bits per heavy atom. The van der Waals surface area contributed by atoms with Gasteiger partial charge in [-0.1, -0.05) is 68.8 Å². The highest BCUT2D eigenvalue weighted by molar-refractivity contribution is 7.15. The number of aromatic nitrogens is 4. The number of thiophene rings is 1. The molecule has 0 saturated carbocycles. The van der Waals surface area contributed by atoms with Crippen molar-refractivity contribution in [3.05, 3.63) is 104 Å². The van der Waals surface area contributed by atoms with Gasteiger partial charge in [-0.05, 0) is 68.4 Å². The first-order valence-electron chi connectivity index (χ1n) is 25.6. The van der Waals surface area contributed by atoms with Gasteiger partial charge in [0.25, 0.3) is 0 Å². The van der Waals surface area contributed by atoms with Crippen LogP contribution in [0, 0.1) is 33.1 Å². The summed E-state index contributed by atoms with van der Waals surface area (Å²) in [5, 5.41) is 29.7. The summed E-state index contributed by atoms with van der Waals surface area (Å²) >= 11 is 9.46. The van der Waals surface area contributed by atoms with Gasteiger partial charge in [-0.25, -0.2) is 4.98 Å². The largest absolute Gasteiger partial charge is 0.391 e. The molecule has 76 heavy (non-hydrogen) atoms. The van der Waals surface area contributed by atoms with Gasteiger partial charge >= 0.3 is 0 Å². The Hall–Kier alpha value is -5.49. The number of hydrogen-bond acceptors (Lipinski definition) is 16. The Morgan fingerprint density at radius 3 is 2.12 bits per heavy atom. The molecule has 1 fully saturated rings. The number of hydrogen-bond donors (Lipinski definition) is 4. The zero-order valence-electron chi connectivity index (χ0n) is 44.3. The Bertz CT molecular complexity index is 2780. The Kier molecular flexibility index (Phi) is 21.2. The average Bonchev–Trinajstić information content (AvgIpc) is 4.19. The van der Waals surface area contributed by atoms with E-state index in [4.69, 9.17) is 40.3 Å². The highest BCUT2D eigenvalue weighted by Gasteiger charge is 2.44. The van der Waals surface area contributed by atoms with Crippen LogP contribution in [0.2, 0.25) is 5.02 Å². The van der Waals surface area contributed by atoms with Crippen molar-refractivity contribution in [3.63, 3.8) is 0 Å². The van der Waals surface area contributed by atoms with Crippen LogP contribution in [0.4, 0.5) is 0 Å². The van der Waals surface area contributed by atoms with E-state index in [1.165, 1.54) is 9.78 Å². The van der Waals surface area contributed by atoms with E-state index in [1.54, 1.807) is 22.7 Å². The fourth-order valence-electron chi connectivity index (χ4n) is 8.82. The molecular weight excluding hydrogens is 1030 g/mol. The molecule has 5 heterocycles. The lowest BCUT2D eigenvalue weighted by Crippen LogP contribution is -2.58. The number of amides is 4. The minimum absolute atomic E-state index is 0.0206. The van der Waals surface area contributed by atoms with E-state index < -0.39 is 41.5 Å². The predicted molar refractivity (Wildman–Crippen MR) is 291 cm³/mol. The number of aliphatic hydroxyl groups excluding tert-OH is 1. The average molecular weight is 1100 g/mol. The molecule has 22 heteroatoms. The number of nitrogens with zero attached hydrogens (tertiary/aromatic N) is 6. The number of carbonyl (C=O) groups is 4. The quantitative estimate of drug-likeness (QED) is 0.0442. The van der Waals surface area contributed by atoms with Gasteiger partial charge in [-0.3, -0.25) is 28.7 Å². The van der Waals surface area contributed by atoms with Crippen LogP contribution in [-0.2, 0) is 49.4 Å². The Balaban J connectivity index is 0.705. The first-order valence-corrected chi connectivity index (χ1v) is 27.6. The van der Waals surface area contributed by atoms with E-state index in [-0.39, 0.29) is 57.6 Å². The molecule has 3 aromatic heterocycles. The molecular formula is C54H70ClN9O10S2. The van der Waals surface area contributed by atoms with Crippen molar-refractivity contribution in [3.8, 4) is 15.4 Å². The number of β-amino-alcohol motifs (C(OH)–C–C–N with tert-alkyl or cyclic N) is 1. The molecule has 0 bridgehead atoms. The molecule has 19 nitrogen and oxygen atoms in total. The van der Waals surface area contributed by atoms with Crippen LogP contribution in [0.15, 0.2) is 59.0 Å². The van der Waals surface area contributed by atoms with E-state index in [2.05, 4.69) is 45.0 Å². The highest BCUT2D eigenvalue weighted by atomic mass is 35.5. The number of aliphatic imine (C=N–C) groups is 1. The van der Waals surface area contributed by atoms with Gasteiger partial charge in [0.05, 0.1) is 80.6 Å². The third-order valence-corrected chi connectivity index (χ3v) is 15.4. The minimum Gasteiger partial charge on any atom is -0.391 e. The second kappa shape index (κ2) is 27.7. The van der Waals surface area contributed by atoms with E-state index in [1.807, 2.05) is 93.2 Å². The maximum Gasteiger partial charge on any atom is 0.246 e. The summed E-state index contributed by atoms with van der Waals surface area (Å²) in [5.74, 6) is -0.134. The Morgan fingerprint density at radius 2 is 1.46 bits per heavy atom. The van der Waals surface area contributed by atoms with E-state index >= 15 is 0 Å². The maximum absolute atomic E-state index is 13.9. The molecule has 1 saturated heterocycles. The number of aryl methyl sites for hydroxylation is 3. The van der Waals surface area contributed by atoms with E-state index in [9.17, 15) is 24.3 Å². The van der Waals surface area contributed by atoms with Crippen molar-refractivity contribution in [2.24, 2.45) is 10.4 Å². The summed E-state index contributed by atoms with van der Waals surface area (Å²) in [4.78, 5) is 66.7. The van der Waals surface area contributed by atoms with Gasteiger partial charge in [0.15, 0.2) is 5.82 Å². The van der Waals surface area contributed by atoms with Crippen molar-refractivity contribution in [1.29, 1.82) is 0 Å². The first-order chi connectivity index (χ1) is 36.5. The van der Waals surface area contributed by atoms with Crippen LogP contribution in [0.25, 0.3) is 15.4 Å². The number of thiazole rings is 1. The molecule has 4 N–H and O–H groups in total. The molecule has 5 aromatic rings. The molecule has 0 aliphatic carbocycles. The first kappa shape index (κ1) is 58.2. The summed E-state index contributed by atoms with van der Waals surface area (Å²) in [6, 6.07) is 13.0. The molecule has 2 aliphatic rings. The lowest BCUT2D eigenvalue weighted by molar-refractivity contribution is -0.144. The molecule has 7 rings (SSSR count). The zero-order valence-corrected chi connectivity index (χ0v) is 46.7. The number of nitrogens with one attached hydrogen (secondary N) is 3. The Labute approximate surface area is 457 Å². The van der Waals surface area contributed by atoms with Crippen molar-refractivity contribution >= 4 is 63.6 Å². The number of likely N-dealkylation sites (tertiary alicyclic amines) is 1. The standard InChI is InChI=1S/C54H70ClN9O10S2/c1-33-35(3)76-53-46(33)47(38-13-15-40(55)16-14-38)59-42(50-62-61-36(4)64(50)53)28-44(66)56-17-20-72-23-21-70-18-8-19-71-22-24-73-25-26-74-31-45(67)60-49(54(5,6)7)52(69)63-30-41(65)27-43(63)51(68)57-29-37-9-11-39(12-10-37)48-34(2)58-32-75-48/h9-16,32,41-43,49,65H,8,17-31H2,1-7H3,(H,56,66)(H,57,68)(H,60,67)/t41-,42+,43+,49?/m1/s1. The lowest BCUT2D eigenvalue weighted by atomic mass is 9.85. The van der Waals surface area contributed by atoms with Crippen LogP contribution in [0.3, 0.4) is 0 Å². The number of benzene rings is 2. The molecule has 410 valence electrons. The zero-order chi connectivity index (χ0) is 54.4. The number of halogens is 1. The van der Waals surface area contributed by atoms with Crippen LogP contribution in [-0.4, -0.2) is 156 Å². The van der Waals surface area contributed by atoms with Gasteiger partial charge in [0.2, 0.25) is 23.6 Å². The molecule has 2 aromatic carbocycles. The number of ether oxygens (including phenoxy) is 5. The van der Waals surface area contributed by atoms with Crippen LogP contribution < -0.4 is 16.0 Å². The third-order valence-electron chi connectivity index (χ3n) is 12.9.